The van der Waals surface area contributed by atoms with Crippen LogP contribution in [0.4, 0.5) is 10.5 Å². The summed E-state index contributed by atoms with van der Waals surface area (Å²) in [6.07, 6.45) is 4.71. The van der Waals surface area contributed by atoms with Gasteiger partial charge in [-0.15, -0.1) is 0 Å². The molecule has 1 aromatic rings. The van der Waals surface area contributed by atoms with Gasteiger partial charge in [0.1, 0.15) is 5.54 Å². The molecular formula is C20H26N4O5S. The quantitative estimate of drug-likeness (QED) is 0.661. The zero-order valence-electron chi connectivity index (χ0n) is 16.7. The molecule has 0 unspecified atom stereocenters. The summed E-state index contributed by atoms with van der Waals surface area (Å²) in [6.45, 7) is 1.00. The SMILES string of the molecule is O=C(CCN1C(=O)NC2(CCCC2)C1=O)Nc1cccc(S(=O)(=O)N2CCCC2)c1. The molecule has 0 bridgehead atoms. The van der Waals surface area contributed by atoms with Crippen molar-refractivity contribution in [2.24, 2.45) is 0 Å². The van der Waals surface area contributed by atoms with Crippen LogP contribution < -0.4 is 10.6 Å². The summed E-state index contributed by atoms with van der Waals surface area (Å²) in [5.41, 5.74) is -0.420. The van der Waals surface area contributed by atoms with Crippen molar-refractivity contribution in [3.05, 3.63) is 24.3 Å². The minimum Gasteiger partial charge on any atom is -0.326 e. The third kappa shape index (κ3) is 3.81. The Balaban J connectivity index is 1.37. The highest BCUT2D eigenvalue weighted by Crippen LogP contribution is 2.35. The Bertz CT molecular complexity index is 965. The van der Waals surface area contributed by atoms with E-state index in [1.807, 2.05) is 0 Å². The summed E-state index contributed by atoms with van der Waals surface area (Å²) < 4.78 is 26.8. The number of rotatable bonds is 6. The number of hydrogen-bond donors (Lipinski definition) is 2. The van der Waals surface area contributed by atoms with Gasteiger partial charge in [-0.05, 0) is 43.9 Å². The van der Waals surface area contributed by atoms with Crippen molar-refractivity contribution in [3.63, 3.8) is 0 Å². The van der Waals surface area contributed by atoms with Gasteiger partial charge in [-0.2, -0.15) is 4.31 Å². The van der Waals surface area contributed by atoms with E-state index in [2.05, 4.69) is 10.6 Å². The van der Waals surface area contributed by atoms with Crippen molar-refractivity contribution in [3.8, 4) is 0 Å². The second-order valence-electron chi connectivity index (χ2n) is 8.11. The molecule has 2 saturated heterocycles. The zero-order valence-corrected chi connectivity index (χ0v) is 17.5. The number of urea groups is 1. The van der Waals surface area contributed by atoms with Gasteiger partial charge >= 0.3 is 6.03 Å². The molecule has 0 aromatic heterocycles. The van der Waals surface area contributed by atoms with Crippen LogP contribution >= 0.6 is 0 Å². The lowest BCUT2D eigenvalue weighted by Crippen LogP contribution is -2.44. The average molecular weight is 435 g/mol. The number of imide groups is 1. The van der Waals surface area contributed by atoms with Crippen LogP contribution in [0, 0.1) is 0 Å². The molecule has 1 saturated carbocycles. The number of amides is 4. The third-order valence-corrected chi connectivity index (χ3v) is 7.98. The maximum Gasteiger partial charge on any atom is 0.325 e. The molecule has 0 atom stereocenters. The molecule has 3 aliphatic rings. The number of carbonyl (C=O) groups excluding carboxylic acids is 3. The van der Waals surface area contributed by atoms with Gasteiger partial charge in [0.15, 0.2) is 0 Å². The summed E-state index contributed by atoms with van der Waals surface area (Å²) >= 11 is 0. The number of anilines is 1. The summed E-state index contributed by atoms with van der Waals surface area (Å²) in [4.78, 5) is 38.4. The fraction of sp³-hybridized carbons (Fsp3) is 0.550. The number of nitrogens with one attached hydrogen (secondary N) is 2. The normalized spacial score (nSPS) is 21.4. The molecular weight excluding hydrogens is 408 g/mol. The van der Waals surface area contributed by atoms with E-state index in [-0.39, 0.29) is 23.8 Å². The Morgan fingerprint density at radius 1 is 1.10 bits per heavy atom. The fourth-order valence-electron chi connectivity index (χ4n) is 4.45. The largest absolute Gasteiger partial charge is 0.326 e. The summed E-state index contributed by atoms with van der Waals surface area (Å²) in [6, 6.07) is 5.69. The van der Waals surface area contributed by atoms with E-state index in [0.717, 1.165) is 30.6 Å². The molecule has 2 aliphatic heterocycles. The molecule has 2 N–H and O–H groups in total. The molecule has 2 heterocycles. The monoisotopic (exact) mass is 434 g/mol. The van der Waals surface area contributed by atoms with E-state index in [1.165, 1.54) is 16.4 Å². The van der Waals surface area contributed by atoms with Crippen molar-refractivity contribution < 1.29 is 22.8 Å². The molecule has 1 aliphatic carbocycles. The maximum atomic E-state index is 12.7. The van der Waals surface area contributed by atoms with Crippen LogP contribution in [0.25, 0.3) is 0 Å². The van der Waals surface area contributed by atoms with E-state index in [9.17, 15) is 22.8 Å². The smallest absolute Gasteiger partial charge is 0.325 e. The van der Waals surface area contributed by atoms with Crippen LogP contribution in [0.3, 0.4) is 0 Å². The number of benzene rings is 1. The van der Waals surface area contributed by atoms with Gasteiger partial charge in [-0.3, -0.25) is 14.5 Å². The molecule has 4 amide bonds. The van der Waals surface area contributed by atoms with Crippen LogP contribution in [0.2, 0.25) is 0 Å². The van der Waals surface area contributed by atoms with Crippen LogP contribution in [0.1, 0.15) is 44.9 Å². The molecule has 1 aromatic carbocycles. The first-order chi connectivity index (χ1) is 14.3. The Labute approximate surface area is 175 Å². The van der Waals surface area contributed by atoms with Crippen molar-refractivity contribution in [1.29, 1.82) is 0 Å². The van der Waals surface area contributed by atoms with Crippen LogP contribution in [-0.4, -0.2) is 60.6 Å². The first-order valence-electron chi connectivity index (χ1n) is 10.4. The number of hydrogen-bond acceptors (Lipinski definition) is 5. The number of nitrogens with zero attached hydrogens (tertiary/aromatic N) is 2. The minimum absolute atomic E-state index is 0.00990. The Hall–Kier alpha value is -2.46. The minimum atomic E-state index is -3.57. The van der Waals surface area contributed by atoms with Crippen LogP contribution in [-0.2, 0) is 19.6 Å². The number of carbonyl (C=O) groups is 3. The van der Waals surface area contributed by atoms with E-state index < -0.39 is 27.5 Å². The lowest BCUT2D eigenvalue weighted by Gasteiger charge is -2.20. The fourth-order valence-corrected chi connectivity index (χ4v) is 6.01. The van der Waals surface area contributed by atoms with Crippen LogP contribution in [0.5, 0.6) is 0 Å². The maximum absolute atomic E-state index is 12.7. The van der Waals surface area contributed by atoms with Gasteiger partial charge in [-0.25, -0.2) is 13.2 Å². The molecule has 162 valence electrons. The van der Waals surface area contributed by atoms with Crippen molar-refractivity contribution in [1.82, 2.24) is 14.5 Å². The van der Waals surface area contributed by atoms with E-state index in [1.54, 1.807) is 12.1 Å². The van der Waals surface area contributed by atoms with Gasteiger partial charge in [-0.1, -0.05) is 18.9 Å². The first-order valence-corrected chi connectivity index (χ1v) is 11.8. The number of sulfonamides is 1. The Kier molecular flexibility index (Phi) is 5.54. The van der Waals surface area contributed by atoms with Gasteiger partial charge < -0.3 is 10.6 Å². The lowest BCUT2D eigenvalue weighted by atomic mass is 9.98. The van der Waals surface area contributed by atoms with Gasteiger partial charge in [0.25, 0.3) is 5.91 Å². The molecule has 9 nitrogen and oxygen atoms in total. The summed E-state index contributed by atoms with van der Waals surface area (Å²) in [5, 5.41) is 5.46. The Morgan fingerprint density at radius 2 is 1.80 bits per heavy atom. The van der Waals surface area contributed by atoms with Crippen molar-refractivity contribution in [2.75, 3.05) is 25.0 Å². The molecule has 3 fully saturated rings. The standard InChI is InChI=1S/C20H26N4O5S/c25-17(8-13-24-18(26)20(22-19(24)27)9-1-2-10-20)21-15-6-5-7-16(14-15)30(28,29)23-11-3-4-12-23/h5-7,14H,1-4,8-13H2,(H,21,25)(H,22,27). The van der Waals surface area contributed by atoms with E-state index in [0.29, 0.717) is 31.6 Å². The highest BCUT2D eigenvalue weighted by molar-refractivity contribution is 7.89. The summed E-state index contributed by atoms with van der Waals surface area (Å²) in [7, 11) is -3.57. The molecule has 0 radical (unpaired) electrons. The zero-order chi connectivity index (χ0) is 21.4. The molecule has 10 heteroatoms. The van der Waals surface area contributed by atoms with E-state index in [4.69, 9.17) is 0 Å². The van der Waals surface area contributed by atoms with Gasteiger partial charge in [0, 0.05) is 31.7 Å². The topological polar surface area (TPSA) is 116 Å². The third-order valence-electron chi connectivity index (χ3n) is 6.09. The van der Waals surface area contributed by atoms with Crippen molar-refractivity contribution >= 4 is 33.6 Å². The lowest BCUT2D eigenvalue weighted by molar-refractivity contribution is -0.131. The average Bonchev–Trinajstić information content (AvgIpc) is 3.45. The predicted molar refractivity (Wildman–Crippen MR) is 109 cm³/mol. The first kappa shape index (κ1) is 20.8. The highest BCUT2D eigenvalue weighted by atomic mass is 32.2. The molecule has 30 heavy (non-hydrogen) atoms. The van der Waals surface area contributed by atoms with Gasteiger partial charge in [0.05, 0.1) is 4.90 Å². The molecule has 1 spiro atoms. The van der Waals surface area contributed by atoms with E-state index >= 15 is 0 Å². The second-order valence-corrected chi connectivity index (χ2v) is 10.1. The highest BCUT2D eigenvalue weighted by Gasteiger charge is 2.52. The van der Waals surface area contributed by atoms with Crippen molar-refractivity contribution in [2.45, 2.75) is 55.4 Å². The predicted octanol–water partition coefficient (Wildman–Crippen LogP) is 1.66. The van der Waals surface area contributed by atoms with Crippen LogP contribution in [0.15, 0.2) is 29.2 Å². The molecule has 4 rings (SSSR count). The van der Waals surface area contributed by atoms with Gasteiger partial charge in [0.2, 0.25) is 15.9 Å². The summed E-state index contributed by atoms with van der Waals surface area (Å²) in [5.74, 6) is -0.643. The second kappa shape index (κ2) is 7.99. The Morgan fingerprint density at radius 3 is 2.50 bits per heavy atom.